The molecule has 12 heteroatoms. The van der Waals surface area contributed by atoms with E-state index in [1.54, 1.807) is 0 Å². The lowest BCUT2D eigenvalue weighted by Crippen LogP contribution is -2.30. The zero-order chi connectivity index (χ0) is 59.8. The van der Waals surface area contributed by atoms with E-state index in [0.29, 0.717) is 25.7 Å². The Kier molecular flexibility index (Phi) is 57.6. The molecule has 82 heavy (non-hydrogen) atoms. The Hall–Kier alpha value is -5.42. The van der Waals surface area contributed by atoms with E-state index in [1.165, 1.54) is 0 Å². The van der Waals surface area contributed by atoms with Crippen molar-refractivity contribution in [3.63, 3.8) is 0 Å². The fraction of sp³-hybridized carbons (Fsp3) is 0.529. The molecular formula is C70H107O11P. The largest absolute Gasteiger partial charge is 0.472 e. The van der Waals surface area contributed by atoms with Crippen LogP contribution < -0.4 is 0 Å². The fourth-order valence-electron chi connectivity index (χ4n) is 7.28. The number of hydrogen-bond acceptors (Lipinski definition) is 10. The van der Waals surface area contributed by atoms with Gasteiger partial charge in [-0.25, -0.2) is 4.57 Å². The molecule has 2 N–H and O–H groups in total. The highest BCUT2D eigenvalue weighted by Crippen LogP contribution is 2.43. The van der Waals surface area contributed by atoms with Gasteiger partial charge < -0.3 is 24.2 Å². The minimum Gasteiger partial charge on any atom is -0.462 e. The Morgan fingerprint density at radius 1 is 0.341 bits per heavy atom. The quantitative estimate of drug-likeness (QED) is 0.0197. The van der Waals surface area contributed by atoms with Crippen LogP contribution in [0.3, 0.4) is 0 Å². The van der Waals surface area contributed by atoms with Gasteiger partial charge in [0.1, 0.15) is 12.7 Å². The van der Waals surface area contributed by atoms with Crippen LogP contribution in [0, 0.1) is 0 Å². The molecule has 0 radical (unpaired) electrons. The maximum Gasteiger partial charge on any atom is 0.472 e. The van der Waals surface area contributed by atoms with Gasteiger partial charge in [0.15, 0.2) is 6.10 Å². The normalized spacial score (nSPS) is 14.5. The number of carbonyl (C=O) groups excluding carboxylic acids is 3. The lowest BCUT2D eigenvalue weighted by Gasteiger charge is -2.21. The first-order chi connectivity index (χ1) is 40.2. The molecular weight excluding hydrogens is 1050 g/mol. The maximum atomic E-state index is 12.9. The van der Waals surface area contributed by atoms with Gasteiger partial charge in [0.05, 0.1) is 19.8 Å². The first-order valence-corrected chi connectivity index (χ1v) is 32.2. The van der Waals surface area contributed by atoms with Crippen molar-refractivity contribution in [3.8, 4) is 0 Å². The number of rotatable bonds is 54. The number of unbranched alkanes of at least 4 members (excludes halogenated alkanes) is 7. The zero-order valence-corrected chi connectivity index (χ0v) is 51.5. The maximum absolute atomic E-state index is 12.9. The molecule has 0 saturated heterocycles. The van der Waals surface area contributed by atoms with Crippen LogP contribution in [0.1, 0.15) is 201 Å². The second-order valence-electron chi connectivity index (χ2n) is 19.4. The van der Waals surface area contributed by atoms with Gasteiger partial charge in [0, 0.05) is 19.3 Å². The molecule has 0 aromatic heterocycles. The van der Waals surface area contributed by atoms with Gasteiger partial charge >= 0.3 is 25.7 Å². The summed E-state index contributed by atoms with van der Waals surface area (Å²) in [6.45, 7) is 4.13. The van der Waals surface area contributed by atoms with Gasteiger partial charge in [0.2, 0.25) is 0 Å². The number of allylic oxidation sites excluding steroid dienone is 30. The van der Waals surface area contributed by atoms with E-state index in [2.05, 4.69) is 191 Å². The average molecular weight is 1160 g/mol. The molecule has 3 atom stereocenters. The first kappa shape index (κ1) is 76.6. The second-order valence-corrected chi connectivity index (χ2v) is 20.8. The number of hydrogen-bond donors (Lipinski definition) is 2. The van der Waals surface area contributed by atoms with Crippen molar-refractivity contribution in [1.29, 1.82) is 0 Å². The molecule has 0 aromatic carbocycles. The number of phosphoric acid groups is 1. The molecule has 0 spiro atoms. The number of esters is 3. The molecule has 0 fully saturated rings. The molecule has 0 aliphatic heterocycles. The predicted molar refractivity (Wildman–Crippen MR) is 343 cm³/mol. The molecule has 0 heterocycles. The summed E-state index contributed by atoms with van der Waals surface area (Å²) in [5.74, 6) is -1.66. The Morgan fingerprint density at radius 2 is 0.622 bits per heavy atom. The van der Waals surface area contributed by atoms with Crippen molar-refractivity contribution in [2.75, 3.05) is 26.4 Å². The summed E-state index contributed by atoms with van der Waals surface area (Å²) in [6.07, 6.45) is 84.3. The third-order valence-electron chi connectivity index (χ3n) is 11.8. The van der Waals surface area contributed by atoms with Crippen molar-refractivity contribution < 1.29 is 52.2 Å². The van der Waals surface area contributed by atoms with Gasteiger partial charge in [0.25, 0.3) is 0 Å². The van der Waals surface area contributed by atoms with E-state index in [-0.39, 0.29) is 19.3 Å². The van der Waals surface area contributed by atoms with E-state index >= 15 is 0 Å². The summed E-state index contributed by atoms with van der Waals surface area (Å²) in [5.41, 5.74) is 0. The van der Waals surface area contributed by atoms with Crippen LogP contribution in [-0.4, -0.2) is 66.5 Å². The van der Waals surface area contributed by atoms with Crippen LogP contribution in [0.4, 0.5) is 0 Å². The molecule has 0 amide bonds. The van der Waals surface area contributed by atoms with E-state index in [1.807, 2.05) is 12.2 Å². The average Bonchev–Trinajstić information content (AvgIpc) is 3.50. The molecule has 0 aliphatic carbocycles. The summed E-state index contributed by atoms with van der Waals surface area (Å²) in [4.78, 5) is 48.7. The smallest absolute Gasteiger partial charge is 0.462 e. The van der Waals surface area contributed by atoms with Crippen molar-refractivity contribution in [3.05, 3.63) is 182 Å². The second kappa shape index (κ2) is 61.6. The van der Waals surface area contributed by atoms with Gasteiger partial charge in [-0.1, -0.05) is 222 Å². The highest BCUT2D eigenvalue weighted by Gasteiger charge is 2.28. The molecule has 0 aromatic rings. The summed E-state index contributed by atoms with van der Waals surface area (Å²) in [7, 11) is -4.80. The van der Waals surface area contributed by atoms with Crippen LogP contribution in [0.15, 0.2) is 182 Å². The number of phosphoric ester groups is 1. The van der Waals surface area contributed by atoms with Crippen molar-refractivity contribution >= 4 is 25.7 Å². The monoisotopic (exact) mass is 1150 g/mol. The van der Waals surface area contributed by atoms with Crippen LogP contribution in [-0.2, 0) is 42.2 Å². The van der Waals surface area contributed by atoms with E-state index in [9.17, 15) is 28.9 Å². The van der Waals surface area contributed by atoms with Crippen molar-refractivity contribution in [1.82, 2.24) is 0 Å². The molecule has 0 rings (SSSR count). The Labute approximate surface area is 497 Å². The Morgan fingerprint density at radius 3 is 0.988 bits per heavy atom. The minimum atomic E-state index is -4.80. The summed E-state index contributed by atoms with van der Waals surface area (Å²) in [5, 5.41) is 9.84. The van der Waals surface area contributed by atoms with Crippen LogP contribution in [0.2, 0.25) is 0 Å². The first-order valence-electron chi connectivity index (χ1n) is 30.7. The zero-order valence-electron chi connectivity index (χ0n) is 50.6. The molecule has 0 saturated carbocycles. The molecule has 11 nitrogen and oxygen atoms in total. The third-order valence-corrected chi connectivity index (χ3v) is 12.8. The van der Waals surface area contributed by atoms with Gasteiger partial charge in [-0.3, -0.25) is 23.4 Å². The standard InChI is InChI=1S/C70H107O11P/c1-4-7-10-13-16-19-22-25-28-31-33-36-38-41-44-47-50-53-56-59-68(72)77-63-67(81-70(74)61-58-55-52-49-46-43-40-37-34-32-29-26-23-20-17-14-11-8-5-2)65-79-82(75,76)78-64-66(62-71)80-69(73)60-57-54-51-48-45-42-39-35-30-27-24-21-18-15-12-9-6-3/h7-12,16-21,25-30,33-34,36-37,39,41-44,46,52,55,66-67,71H,4-6,13-15,22-24,31-32,35,38,40,45,47-51,53-54,56-65H2,1-3H3,(H,75,76)/b10-7-,11-8-,12-9-,19-16-,20-17-,21-18-,28-25-,29-26-,30-27-,36-33-,37-34-,42-39-,44-41-,46-43-,55-52-. The van der Waals surface area contributed by atoms with E-state index in [4.69, 9.17) is 23.3 Å². The molecule has 0 aliphatic rings. The van der Waals surface area contributed by atoms with Gasteiger partial charge in [-0.15, -0.1) is 0 Å². The third kappa shape index (κ3) is 59.2. The SMILES string of the molecule is CC/C=C\C/C=C\C/C=C\C/C=C\C/C=C\C/C=C\CCC(=O)OC(COC(=O)CCCCC/C=C\C/C=C\C/C=C\C/C=C\C/C=C\CC)COP(=O)(O)OCC(CO)OC(=O)CCCCCC/C=C\C/C=C\C/C=C\C/C=C\CC. The number of ether oxygens (including phenoxy) is 3. The van der Waals surface area contributed by atoms with Crippen LogP contribution in [0.5, 0.6) is 0 Å². The van der Waals surface area contributed by atoms with Crippen LogP contribution >= 0.6 is 7.82 Å². The number of carbonyl (C=O) groups is 3. The summed E-state index contributed by atoms with van der Waals surface area (Å²) in [6, 6.07) is 0. The number of aliphatic hydroxyl groups is 1. The minimum absolute atomic E-state index is 0.0212. The van der Waals surface area contributed by atoms with Crippen molar-refractivity contribution in [2.45, 2.75) is 213 Å². The lowest BCUT2D eigenvalue weighted by molar-refractivity contribution is -0.161. The molecule has 458 valence electrons. The fourth-order valence-corrected chi connectivity index (χ4v) is 8.06. The van der Waals surface area contributed by atoms with Crippen LogP contribution in [0.25, 0.3) is 0 Å². The summed E-state index contributed by atoms with van der Waals surface area (Å²) < 4.78 is 39.5. The molecule has 0 bridgehead atoms. The predicted octanol–water partition coefficient (Wildman–Crippen LogP) is 18.8. The molecule has 3 unspecified atom stereocenters. The van der Waals surface area contributed by atoms with Crippen molar-refractivity contribution in [2.24, 2.45) is 0 Å². The Balaban J connectivity index is 4.94. The van der Waals surface area contributed by atoms with E-state index < -0.39 is 64.4 Å². The number of aliphatic hydroxyl groups excluding tert-OH is 1. The van der Waals surface area contributed by atoms with Gasteiger partial charge in [-0.2, -0.15) is 0 Å². The summed E-state index contributed by atoms with van der Waals surface area (Å²) >= 11 is 0. The van der Waals surface area contributed by atoms with E-state index in [0.717, 1.165) is 135 Å². The Bertz CT molecular complexity index is 2080. The van der Waals surface area contributed by atoms with Gasteiger partial charge in [-0.05, 0) is 141 Å². The topological polar surface area (TPSA) is 155 Å². The highest BCUT2D eigenvalue weighted by molar-refractivity contribution is 7.47. The highest BCUT2D eigenvalue weighted by atomic mass is 31.2. The lowest BCUT2D eigenvalue weighted by atomic mass is 10.1.